The van der Waals surface area contributed by atoms with Crippen LogP contribution in [0.25, 0.3) is 0 Å². The molecule has 1 rings (SSSR count). The number of nitrogens with one attached hydrogen (secondary N) is 3. The van der Waals surface area contributed by atoms with Crippen molar-refractivity contribution in [2.24, 2.45) is 0 Å². The van der Waals surface area contributed by atoms with Gasteiger partial charge in [0.1, 0.15) is 24.7 Å². The summed E-state index contributed by atoms with van der Waals surface area (Å²) in [5.41, 5.74) is 0. The third-order valence-corrected chi connectivity index (χ3v) is 17.6. The molecule has 0 aliphatic rings. The summed E-state index contributed by atoms with van der Waals surface area (Å²) < 4.78 is 12.4. The van der Waals surface area contributed by atoms with Gasteiger partial charge in [-0.2, -0.15) is 0 Å². The Bertz CT molecular complexity index is 431. The van der Waals surface area contributed by atoms with Crippen LogP contribution in [0, 0.1) is 0 Å². The highest BCUT2D eigenvalue weighted by Gasteiger charge is 2.45. The van der Waals surface area contributed by atoms with E-state index in [0.29, 0.717) is 0 Å². The molecule has 126 valence electrons. The van der Waals surface area contributed by atoms with Gasteiger partial charge in [0.2, 0.25) is 0 Å². The standard InChI is InChI=1S/C15H35N3Si4/c1-19(2,3)16-22(17-20(4,5)6,18-21(7,8)9)15-13-11-10-12-14-15/h10-14,16-18H,1-9H3. The van der Waals surface area contributed by atoms with Gasteiger partial charge < -0.3 is 13.9 Å². The normalized spacial score (nSPS) is 14.2. The highest BCUT2D eigenvalue weighted by molar-refractivity contribution is 7.06. The van der Waals surface area contributed by atoms with E-state index in [2.05, 4.69) is 103 Å². The lowest BCUT2D eigenvalue weighted by molar-refractivity contribution is 1.10. The third kappa shape index (κ3) is 7.03. The first kappa shape index (κ1) is 20.0. The molecule has 0 aromatic heterocycles. The first-order valence-electron chi connectivity index (χ1n) is 8.16. The second-order valence-electron chi connectivity index (χ2n) is 9.24. The number of rotatable bonds is 7. The maximum absolute atomic E-state index is 4.12. The zero-order chi connectivity index (χ0) is 17.2. The SMILES string of the molecule is C[Si](C)(C)N[Si](N[Si](C)(C)C)(N[Si](C)(C)C)c1ccccc1. The van der Waals surface area contributed by atoms with E-state index in [4.69, 9.17) is 0 Å². The fourth-order valence-electron chi connectivity index (χ4n) is 2.69. The summed E-state index contributed by atoms with van der Waals surface area (Å²) in [5.74, 6) is 0. The maximum atomic E-state index is 4.12. The first-order chi connectivity index (χ1) is 9.73. The van der Waals surface area contributed by atoms with Gasteiger partial charge in [-0.25, -0.2) is 0 Å². The molecule has 0 heterocycles. The van der Waals surface area contributed by atoms with Gasteiger partial charge in [0.25, 0.3) is 8.56 Å². The van der Waals surface area contributed by atoms with Gasteiger partial charge in [0, 0.05) is 0 Å². The van der Waals surface area contributed by atoms with Gasteiger partial charge >= 0.3 is 0 Å². The summed E-state index contributed by atoms with van der Waals surface area (Å²) >= 11 is 0. The predicted molar refractivity (Wildman–Crippen MR) is 111 cm³/mol. The van der Waals surface area contributed by atoms with Crippen molar-refractivity contribution in [2.45, 2.75) is 58.9 Å². The largest absolute Gasteiger partial charge is 0.332 e. The van der Waals surface area contributed by atoms with Crippen molar-refractivity contribution in [3.8, 4) is 0 Å². The zero-order valence-electron chi connectivity index (χ0n) is 15.9. The molecule has 0 saturated heterocycles. The number of hydrogen-bond donors (Lipinski definition) is 3. The second-order valence-corrected chi connectivity index (χ2v) is 27.8. The Morgan fingerprint density at radius 1 is 0.545 bits per heavy atom. The van der Waals surface area contributed by atoms with Gasteiger partial charge in [0.05, 0.1) is 0 Å². The van der Waals surface area contributed by atoms with E-state index in [1.54, 1.807) is 0 Å². The van der Waals surface area contributed by atoms with E-state index in [1.165, 1.54) is 5.19 Å². The van der Waals surface area contributed by atoms with Crippen LogP contribution in [-0.2, 0) is 0 Å². The molecule has 0 radical (unpaired) electrons. The Morgan fingerprint density at radius 3 is 1.14 bits per heavy atom. The van der Waals surface area contributed by atoms with Gasteiger partial charge in [-0.15, -0.1) is 0 Å². The molecule has 0 bridgehead atoms. The van der Waals surface area contributed by atoms with Gasteiger partial charge in [0.15, 0.2) is 0 Å². The summed E-state index contributed by atoms with van der Waals surface area (Å²) in [6.45, 7) is 21.6. The Balaban J connectivity index is 3.41. The average molecular weight is 370 g/mol. The van der Waals surface area contributed by atoms with Crippen LogP contribution >= 0.6 is 0 Å². The smallest absolute Gasteiger partial charge is 0.295 e. The summed E-state index contributed by atoms with van der Waals surface area (Å²) in [7, 11) is -6.47. The molecule has 3 N–H and O–H groups in total. The topological polar surface area (TPSA) is 36.1 Å². The molecule has 0 aliphatic heterocycles. The zero-order valence-corrected chi connectivity index (χ0v) is 19.9. The average Bonchev–Trinajstić information content (AvgIpc) is 2.22. The van der Waals surface area contributed by atoms with E-state index < -0.39 is 33.3 Å². The van der Waals surface area contributed by atoms with Crippen molar-refractivity contribution in [1.82, 2.24) is 13.9 Å². The minimum Gasteiger partial charge on any atom is -0.332 e. The monoisotopic (exact) mass is 369 g/mol. The fourth-order valence-corrected chi connectivity index (χ4v) is 21.0. The summed E-state index contributed by atoms with van der Waals surface area (Å²) in [5, 5.41) is 1.43. The number of hydrogen-bond acceptors (Lipinski definition) is 3. The van der Waals surface area contributed by atoms with E-state index in [0.717, 1.165) is 0 Å². The Labute approximate surface area is 141 Å². The van der Waals surface area contributed by atoms with Crippen LogP contribution in [0.15, 0.2) is 30.3 Å². The Hall–Kier alpha value is -0.0325. The van der Waals surface area contributed by atoms with Crippen molar-refractivity contribution in [1.29, 1.82) is 0 Å². The minimum absolute atomic E-state index is 1.43. The van der Waals surface area contributed by atoms with Crippen molar-refractivity contribution in [3.63, 3.8) is 0 Å². The van der Waals surface area contributed by atoms with Gasteiger partial charge in [-0.05, 0) is 5.19 Å². The molecule has 0 atom stereocenters. The molecular formula is C15H35N3Si4. The molecule has 0 spiro atoms. The van der Waals surface area contributed by atoms with E-state index in [1.807, 2.05) is 0 Å². The first-order valence-corrected chi connectivity index (χ1v) is 20.7. The van der Waals surface area contributed by atoms with E-state index in [9.17, 15) is 0 Å². The van der Waals surface area contributed by atoms with Crippen LogP contribution in [0.5, 0.6) is 0 Å². The second kappa shape index (κ2) is 6.84. The van der Waals surface area contributed by atoms with E-state index >= 15 is 0 Å². The lowest BCUT2D eigenvalue weighted by Gasteiger charge is -2.46. The van der Waals surface area contributed by atoms with Gasteiger partial charge in [-0.1, -0.05) is 89.3 Å². The summed E-state index contributed by atoms with van der Waals surface area (Å²) in [4.78, 5) is 0. The molecule has 1 aromatic rings. The Kier molecular flexibility index (Phi) is 6.22. The summed E-state index contributed by atoms with van der Waals surface area (Å²) in [6, 6.07) is 11.0. The molecule has 0 amide bonds. The predicted octanol–water partition coefficient (Wildman–Crippen LogP) is 3.11. The van der Waals surface area contributed by atoms with Crippen LogP contribution in [0.1, 0.15) is 0 Å². The van der Waals surface area contributed by atoms with Gasteiger partial charge in [-0.3, -0.25) is 0 Å². The van der Waals surface area contributed by atoms with Crippen molar-refractivity contribution in [2.75, 3.05) is 0 Å². The molecule has 0 saturated carbocycles. The lowest BCUT2D eigenvalue weighted by Crippen LogP contribution is -2.88. The molecular weight excluding hydrogens is 335 g/mol. The van der Waals surface area contributed by atoms with Crippen LogP contribution < -0.4 is 19.1 Å². The van der Waals surface area contributed by atoms with E-state index in [-0.39, 0.29) is 0 Å². The van der Waals surface area contributed by atoms with Crippen LogP contribution in [-0.4, -0.2) is 33.3 Å². The summed E-state index contributed by atoms with van der Waals surface area (Å²) in [6.07, 6.45) is 0. The highest BCUT2D eigenvalue weighted by atomic mass is 28.5. The molecule has 0 unspecified atom stereocenters. The van der Waals surface area contributed by atoms with Crippen molar-refractivity contribution >= 4 is 38.5 Å². The quantitative estimate of drug-likeness (QED) is 0.646. The Morgan fingerprint density at radius 2 is 0.864 bits per heavy atom. The highest BCUT2D eigenvalue weighted by Crippen LogP contribution is 2.10. The molecule has 22 heavy (non-hydrogen) atoms. The lowest BCUT2D eigenvalue weighted by atomic mass is 10.4. The molecule has 7 heteroatoms. The minimum atomic E-state index is -2.14. The van der Waals surface area contributed by atoms with Crippen LogP contribution in [0.2, 0.25) is 58.9 Å². The fraction of sp³-hybridized carbons (Fsp3) is 0.600. The van der Waals surface area contributed by atoms with Crippen molar-refractivity contribution in [3.05, 3.63) is 30.3 Å². The molecule has 0 aliphatic carbocycles. The number of benzene rings is 1. The molecule has 1 aromatic carbocycles. The molecule has 3 nitrogen and oxygen atoms in total. The maximum Gasteiger partial charge on any atom is 0.295 e. The third-order valence-electron chi connectivity index (χ3n) is 2.89. The molecule has 0 fully saturated rings. The van der Waals surface area contributed by atoms with Crippen molar-refractivity contribution < 1.29 is 0 Å². The van der Waals surface area contributed by atoms with Crippen LogP contribution in [0.4, 0.5) is 0 Å². The van der Waals surface area contributed by atoms with Crippen LogP contribution in [0.3, 0.4) is 0 Å².